The number of nitrogens with one attached hydrogen (secondary N) is 1. The molecule has 0 aliphatic heterocycles. The van der Waals surface area contributed by atoms with Crippen LogP contribution in [-0.2, 0) is 19.9 Å². The van der Waals surface area contributed by atoms with Crippen molar-refractivity contribution >= 4 is 22.4 Å². The normalized spacial score (nSPS) is 17.8. The molecule has 3 rings (SSSR count). The highest BCUT2D eigenvalue weighted by molar-refractivity contribution is 7.15. The molecule has 0 radical (unpaired) electrons. The average Bonchev–Trinajstić information content (AvgIpc) is 3.03. The van der Waals surface area contributed by atoms with Gasteiger partial charge in [-0.15, -0.1) is 11.3 Å². The van der Waals surface area contributed by atoms with Crippen LogP contribution in [0.1, 0.15) is 40.7 Å². The Hall–Kier alpha value is -1.69. The predicted octanol–water partition coefficient (Wildman–Crippen LogP) is 2.64. The minimum absolute atomic E-state index is 0.142. The summed E-state index contributed by atoms with van der Waals surface area (Å²) in [6, 6.07) is 0. The molecular weight excluding hydrogens is 272 g/mol. The second kappa shape index (κ2) is 5.36. The Morgan fingerprint density at radius 1 is 1.60 bits per heavy atom. The van der Waals surface area contributed by atoms with Gasteiger partial charge in [-0.1, -0.05) is 13.3 Å². The highest BCUT2D eigenvalue weighted by atomic mass is 32.1. The lowest BCUT2D eigenvalue weighted by Gasteiger charge is -2.18. The van der Waals surface area contributed by atoms with E-state index in [4.69, 9.17) is 0 Å². The molecule has 0 fully saturated rings. The van der Waals surface area contributed by atoms with E-state index in [2.05, 4.69) is 22.3 Å². The summed E-state index contributed by atoms with van der Waals surface area (Å²) in [4.78, 5) is 18.0. The monoisotopic (exact) mass is 290 g/mol. The lowest BCUT2D eigenvalue weighted by atomic mass is 9.89. The number of rotatable bonds is 3. The number of anilines is 1. The van der Waals surface area contributed by atoms with Crippen LogP contribution in [0.3, 0.4) is 0 Å². The van der Waals surface area contributed by atoms with Crippen LogP contribution >= 0.6 is 11.3 Å². The maximum Gasteiger partial charge on any atom is 0.260 e. The lowest BCUT2D eigenvalue weighted by Crippen LogP contribution is -2.12. The van der Waals surface area contributed by atoms with Crippen molar-refractivity contribution in [3.63, 3.8) is 0 Å². The van der Waals surface area contributed by atoms with Crippen molar-refractivity contribution in [1.29, 1.82) is 0 Å². The molecule has 2 aromatic heterocycles. The van der Waals surface area contributed by atoms with Crippen LogP contribution in [0.5, 0.6) is 0 Å². The van der Waals surface area contributed by atoms with Gasteiger partial charge in [-0.3, -0.25) is 14.8 Å². The molecule has 0 spiro atoms. The Kier molecular flexibility index (Phi) is 3.56. The second-order valence-corrected chi connectivity index (χ2v) is 6.35. The highest BCUT2D eigenvalue weighted by Gasteiger charge is 2.22. The number of hydrogen-bond donors (Lipinski definition) is 1. The number of aryl methyl sites for hydroxylation is 2. The van der Waals surface area contributed by atoms with Gasteiger partial charge in [-0.2, -0.15) is 5.10 Å². The van der Waals surface area contributed by atoms with Crippen molar-refractivity contribution in [1.82, 2.24) is 14.8 Å². The van der Waals surface area contributed by atoms with Gasteiger partial charge >= 0.3 is 0 Å². The van der Waals surface area contributed by atoms with E-state index in [9.17, 15) is 4.79 Å². The molecule has 0 aromatic carbocycles. The van der Waals surface area contributed by atoms with Gasteiger partial charge < -0.3 is 0 Å². The molecule has 1 atom stereocenters. The number of amides is 1. The predicted molar refractivity (Wildman–Crippen MR) is 79.1 cm³/mol. The summed E-state index contributed by atoms with van der Waals surface area (Å²) in [6.07, 6.45) is 7.84. The highest BCUT2D eigenvalue weighted by Crippen LogP contribution is 2.33. The van der Waals surface area contributed by atoms with Gasteiger partial charge in [0, 0.05) is 18.1 Å². The maximum absolute atomic E-state index is 12.1. The quantitative estimate of drug-likeness (QED) is 0.945. The zero-order valence-corrected chi connectivity index (χ0v) is 12.5. The standard InChI is InChI=1S/C14H18N4OS/c1-3-9-4-5-11-12(6-9)20-14(16-11)17-13(19)10-7-15-18(2)8-10/h7-9H,3-6H2,1-2H3,(H,16,17,19). The zero-order chi connectivity index (χ0) is 14.1. The van der Waals surface area contributed by atoms with Gasteiger partial charge in [0.2, 0.25) is 0 Å². The molecule has 1 unspecified atom stereocenters. The number of aromatic nitrogens is 3. The van der Waals surface area contributed by atoms with Crippen molar-refractivity contribution in [3.05, 3.63) is 28.5 Å². The minimum atomic E-state index is -0.142. The van der Waals surface area contributed by atoms with Crippen LogP contribution in [0, 0.1) is 5.92 Å². The van der Waals surface area contributed by atoms with Crippen LogP contribution < -0.4 is 5.32 Å². The third-order valence-electron chi connectivity index (χ3n) is 3.81. The molecule has 6 heteroatoms. The summed E-state index contributed by atoms with van der Waals surface area (Å²) in [5.41, 5.74) is 1.73. The molecule has 0 bridgehead atoms. The number of nitrogens with zero attached hydrogens (tertiary/aromatic N) is 3. The fourth-order valence-corrected chi connectivity index (χ4v) is 3.67. The summed E-state index contributed by atoms with van der Waals surface area (Å²) in [7, 11) is 1.80. The molecule has 1 N–H and O–H groups in total. The van der Waals surface area contributed by atoms with Gasteiger partial charge in [0.15, 0.2) is 5.13 Å². The lowest BCUT2D eigenvalue weighted by molar-refractivity contribution is 0.102. The van der Waals surface area contributed by atoms with E-state index in [0.29, 0.717) is 10.7 Å². The number of hydrogen-bond acceptors (Lipinski definition) is 4. The Morgan fingerprint density at radius 2 is 2.45 bits per heavy atom. The molecule has 1 aliphatic rings. The average molecular weight is 290 g/mol. The fraction of sp³-hybridized carbons (Fsp3) is 0.500. The van der Waals surface area contributed by atoms with E-state index in [1.807, 2.05) is 0 Å². The molecule has 1 amide bonds. The first-order valence-electron chi connectivity index (χ1n) is 6.94. The van der Waals surface area contributed by atoms with Crippen LogP contribution in [0.4, 0.5) is 5.13 Å². The molecule has 20 heavy (non-hydrogen) atoms. The van der Waals surface area contributed by atoms with Crippen molar-refractivity contribution in [2.24, 2.45) is 13.0 Å². The van der Waals surface area contributed by atoms with Gasteiger partial charge in [-0.05, 0) is 25.2 Å². The van der Waals surface area contributed by atoms with Gasteiger partial charge in [-0.25, -0.2) is 4.98 Å². The number of fused-ring (bicyclic) bond motifs is 1. The third-order valence-corrected chi connectivity index (χ3v) is 4.84. The SMILES string of the molecule is CCC1CCc2nc(NC(=O)c3cnn(C)c3)sc2C1. The largest absolute Gasteiger partial charge is 0.298 e. The topological polar surface area (TPSA) is 59.8 Å². The van der Waals surface area contributed by atoms with Gasteiger partial charge in [0.1, 0.15) is 0 Å². The van der Waals surface area contributed by atoms with E-state index < -0.39 is 0 Å². The van der Waals surface area contributed by atoms with Crippen LogP contribution in [0.15, 0.2) is 12.4 Å². The Morgan fingerprint density at radius 3 is 3.15 bits per heavy atom. The molecule has 5 nitrogen and oxygen atoms in total. The van der Waals surface area contributed by atoms with Crippen molar-refractivity contribution < 1.29 is 4.79 Å². The second-order valence-electron chi connectivity index (χ2n) is 5.26. The smallest absolute Gasteiger partial charge is 0.260 e. The first-order chi connectivity index (χ1) is 9.65. The van der Waals surface area contributed by atoms with Crippen LogP contribution in [0.2, 0.25) is 0 Å². The zero-order valence-electron chi connectivity index (χ0n) is 11.7. The van der Waals surface area contributed by atoms with E-state index in [-0.39, 0.29) is 5.91 Å². The number of thiazole rings is 1. The summed E-state index contributed by atoms with van der Waals surface area (Å²) < 4.78 is 1.62. The molecule has 106 valence electrons. The van der Waals surface area contributed by atoms with Gasteiger partial charge in [0.05, 0.1) is 17.5 Å². The van der Waals surface area contributed by atoms with Gasteiger partial charge in [0.25, 0.3) is 5.91 Å². The summed E-state index contributed by atoms with van der Waals surface area (Å²) >= 11 is 1.61. The number of carbonyl (C=O) groups is 1. The molecule has 1 aliphatic carbocycles. The molecular formula is C14H18N4OS. The summed E-state index contributed by atoms with van der Waals surface area (Å²) in [6.45, 7) is 2.24. The minimum Gasteiger partial charge on any atom is -0.298 e. The molecule has 2 heterocycles. The molecule has 0 saturated carbocycles. The Balaban J connectivity index is 1.73. The fourth-order valence-electron chi connectivity index (χ4n) is 2.55. The van der Waals surface area contributed by atoms with Crippen molar-refractivity contribution in [3.8, 4) is 0 Å². The summed E-state index contributed by atoms with van der Waals surface area (Å²) in [5.74, 6) is 0.626. The van der Waals surface area contributed by atoms with Crippen LogP contribution in [-0.4, -0.2) is 20.7 Å². The summed E-state index contributed by atoms with van der Waals surface area (Å²) in [5, 5.41) is 7.59. The van der Waals surface area contributed by atoms with E-state index in [1.165, 1.54) is 23.4 Å². The molecule has 0 saturated heterocycles. The van der Waals surface area contributed by atoms with Crippen LogP contribution in [0.25, 0.3) is 0 Å². The first kappa shape index (κ1) is 13.3. The Bertz CT molecular complexity index is 631. The third kappa shape index (κ3) is 2.60. The maximum atomic E-state index is 12.1. The van der Waals surface area contributed by atoms with E-state index >= 15 is 0 Å². The van der Waals surface area contributed by atoms with E-state index in [1.54, 1.807) is 35.5 Å². The molecule has 2 aromatic rings. The first-order valence-corrected chi connectivity index (χ1v) is 7.76. The number of carbonyl (C=O) groups excluding carboxylic acids is 1. The van der Waals surface area contributed by atoms with Crippen molar-refractivity contribution in [2.75, 3.05) is 5.32 Å². The Labute approximate surface area is 122 Å². The van der Waals surface area contributed by atoms with E-state index in [0.717, 1.165) is 18.8 Å². The van der Waals surface area contributed by atoms with Crippen molar-refractivity contribution in [2.45, 2.75) is 32.6 Å².